The average molecular weight is 225 g/mol. The molecule has 16 heavy (non-hydrogen) atoms. The van der Waals surface area contributed by atoms with Gasteiger partial charge in [-0.05, 0) is 12.5 Å². The zero-order valence-electron chi connectivity index (χ0n) is 9.03. The third kappa shape index (κ3) is 2.78. The van der Waals surface area contributed by atoms with Crippen LogP contribution in [-0.4, -0.2) is 30.9 Å². The number of aliphatic hydroxyl groups is 1. The number of hydrogen-bond acceptors (Lipinski definition) is 3. The highest BCUT2D eigenvalue weighted by Crippen LogP contribution is 2.21. The molecule has 1 aliphatic heterocycles. The van der Waals surface area contributed by atoms with Crippen molar-refractivity contribution in [3.63, 3.8) is 0 Å². The van der Waals surface area contributed by atoms with Gasteiger partial charge in [-0.3, -0.25) is 0 Å². The van der Waals surface area contributed by atoms with E-state index in [0.29, 0.717) is 25.2 Å². The Morgan fingerprint density at radius 3 is 3.00 bits per heavy atom. The fourth-order valence-corrected chi connectivity index (χ4v) is 1.91. The van der Waals surface area contributed by atoms with Crippen LogP contribution in [0.5, 0.6) is 0 Å². The number of nitrogens with one attached hydrogen (secondary N) is 1. The first-order valence-corrected chi connectivity index (χ1v) is 5.51. The molecule has 2 atom stereocenters. The van der Waals surface area contributed by atoms with Crippen LogP contribution in [-0.2, 0) is 4.74 Å². The summed E-state index contributed by atoms with van der Waals surface area (Å²) < 4.78 is 18.7. The highest BCUT2D eigenvalue weighted by Gasteiger charge is 2.20. The molecule has 1 fully saturated rings. The second-order valence-electron chi connectivity index (χ2n) is 4.00. The molecule has 3 nitrogen and oxygen atoms in total. The Morgan fingerprint density at radius 1 is 1.50 bits per heavy atom. The maximum absolute atomic E-state index is 13.4. The molecular formula is C12H16FNO2. The smallest absolute Gasteiger partial charge is 0.128 e. The average Bonchev–Trinajstić information content (AvgIpc) is 2.31. The normalized spacial score (nSPS) is 23.0. The zero-order valence-corrected chi connectivity index (χ0v) is 9.03. The van der Waals surface area contributed by atoms with Crippen LogP contribution in [0.15, 0.2) is 24.3 Å². The summed E-state index contributed by atoms with van der Waals surface area (Å²) >= 11 is 0. The number of ether oxygens (including phenoxy) is 1. The molecular weight excluding hydrogens is 209 g/mol. The van der Waals surface area contributed by atoms with Gasteiger partial charge in [0.25, 0.3) is 0 Å². The molecule has 1 aromatic rings. The van der Waals surface area contributed by atoms with Crippen LogP contribution in [0.2, 0.25) is 0 Å². The largest absolute Gasteiger partial charge is 0.388 e. The molecule has 4 heteroatoms. The second-order valence-corrected chi connectivity index (χ2v) is 4.00. The molecule has 1 aliphatic rings. The van der Waals surface area contributed by atoms with Gasteiger partial charge in [0, 0.05) is 18.2 Å². The number of benzene rings is 1. The Hall–Kier alpha value is -0.970. The minimum absolute atomic E-state index is 0.100. The van der Waals surface area contributed by atoms with E-state index >= 15 is 0 Å². The molecule has 0 bridgehead atoms. The zero-order chi connectivity index (χ0) is 11.4. The van der Waals surface area contributed by atoms with E-state index < -0.39 is 6.10 Å². The first-order valence-electron chi connectivity index (χ1n) is 5.51. The maximum Gasteiger partial charge on any atom is 0.128 e. The van der Waals surface area contributed by atoms with Gasteiger partial charge < -0.3 is 15.2 Å². The van der Waals surface area contributed by atoms with E-state index in [2.05, 4.69) is 5.32 Å². The summed E-state index contributed by atoms with van der Waals surface area (Å²) in [6, 6.07) is 6.43. The molecule has 2 unspecified atom stereocenters. The Kier molecular flexibility index (Phi) is 3.88. The van der Waals surface area contributed by atoms with Crippen LogP contribution in [0.25, 0.3) is 0 Å². The van der Waals surface area contributed by atoms with Gasteiger partial charge in [-0.1, -0.05) is 18.2 Å². The topological polar surface area (TPSA) is 41.5 Å². The third-order valence-electron chi connectivity index (χ3n) is 2.77. The lowest BCUT2D eigenvalue weighted by atomic mass is 10.0. The monoisotopic (exact) mass is 225 g/mol. The van der Waals surface area contributed by atoms with Gasteiger partial charge in [-0.25, -0.2) is 4.39 Å². The minimum Gasteiger partial charge on any atom is -0.388 e. The van der Waals surface area contributed by atoms with E-state index in [4.69, 9.17) is 4.74 Å². The summed E-state index contributed by atoms with van der Waals surface area (Å²) in [4.78, 5) is 0. The van der Waals surface area contributed by atoms with Crippen molar-refractivity contribution in [3.05, 3.63) is 35.6 Å². The van der Waals surface area contributed by atoms with Gasteiger partial charge in [0.05, 0.1) is 19.3 Å². The van der Waals surface area contributed by atoms with Gasteiger partial charge in [0.2, 0.25) is 0 Å². The standard InChI is InChI=1S/C12H16FNO2/c13-11-4-2-1-3-10(11)12(15)7-9-8-16-6-5-14-9/h1-4,9,12,14-15H,5-8H2. The van der Waals surface area contributed by atoms with Crippen LogP contribution in [0.1, 0.15) is 18.1 Å². The van der Waals surface area contributed by atoms with Gasteiger partial charge >= 0.3 is 0 Å². The number of halogens is 1. The van der Waals surface area contributed by atoms with E-state index in [1.54, 1.807) is 18.2 Å². The summed E-state index contributed by atoms with van der Waals surface area (Å²) in [5.41, 5.74) is 0.356. The Balaban J connectivity index is 1.96. The molecule has 0 radical (unpaired) electrons. The molecule has 0 amide bonds. The first kappa shape index (κ1) is 11.5. The van der Waals surface area contributed by atoms with Gasteiger partial charge in [0.15, 0.2) is 0 Å². The van der Waals surface area contributed by atoms with Crippen molar-refractivity contribution in [2.24, 2.45) is 0 Å². The molecule has 88 valence electrons. The fourth-order valence-electron chi connectivity index (χ4n) is 1.91. The van der Waals surface area contributed by atoms with Crippen molar-refractivity contribution < 1.29 is 14.2 Å². The van der Waals surface area contributed by atoms with E-state index in [1.165, 1.54) is 6.07 Å². The summed E-state index contributed by atoms with van der Waals surface area (Å²) in [5.74, 6) is -0.355. The van der Waals surface area contributed by atoms with E-state index in [9.17, 15) is 9.50 Å². The quantitative estimate of drug-likeness (QED) is 0.813. The van der Waals surface area contributed by atoms with Crippen LogP contribution in [0.3, 0.4) is 0 Å². The molecule has 2 rings (SSSR count). The van der Waals surface area contributed by atoms with Crippen molar-refractivity contribution in [3.8, 4) is 0 Å². The molecule has 0 aromatic heterocycles. The lowest BCUT2D eigenvalue weighted by Crippen LogP contribution is -2.42. The molecule has 1 aromatic carbocycles. The van der Waals surface area contributed by atoms with Crippen LogP contribution in [0, 0.1) is 5.82 Å². The van der Waals surface area contributed by atoms with Crippen molar-refractivity contribution in [1.29, 1.82) is 0 Å². The second kappa shape index (κ2) is 5.39. The molecule has 0 spiro atoms. The Bertz CT molecular complexity index is 340. The molecule has 0 saturated carbocycles. The van der Waals surface area contributed by atoms with Crippen molar-refractivity contribution in [2.75, 3.05) is 19.8 Å². The summed E-state index contributed by atoms with van der Waals surface area (Å²) in [5, 5.41) is 13.1. The first-order chi connectivity index (χ1) is 7.77. The predicted octanol–water partition coefficient (Wildman–Crippen LogP) is 1.24. The van der Waals surface area contributed by atoms with E-state index in [1.807, 2.05) is 0 Å². The molecule has 0 aliphatic carbocycles. The highest BCUT2D eigenvalue weighted by molar-refractivity contribution is 5.19. The number of hydrogen-bond donors (Lipinski definition) is 2. The highest BCUT2D eigenvalue weighted by atomic mass is 19.1. The van der Waals surface area contributed by atoms with Crippen LogP contribution >= 0.6 is 0 Å². The lowest BCUT2D eigenvalue weighted by molar-refractivity contribution is 0.0511. The molecule has 1 saturated heterocycles. The molecule has 2 N–H and O–H groups in total. The van der Waals surface area contributed by atoms with Crippen molar-refractivity contribution >= 4 is 0 Å². The lowest BCUT2D eigenvalue weighted by Gasteiger charge is -2.26. The number of aliphatic hydroxyl groups excluding tert-OH is 1. The van der Waals surface area contributed by atoms with E-state index in [0.717, 1.165) is 6.54 Å². The van der Waals surface area contributed by atoms with Gasteiger partial charge in [0.1, 0.15) is 5.82 Å². The predicted molar refractivity (Wildman–Crippen MR) is 58.6 cm³/mol. The number of morpholine rings is 1. The fraction of sp³-hybridized carbons (Fsp3) is 0.500. The van der Waals surface area contributed by atoms with Crippen LogP contribution < -0.4 is 5.32 Å². The summed E-state index contributed by atoms with van der Waals surface area (Å²) in [6.07, 6.45) is -0.304. The van der Waals surface area contributed by atoms with Gasteiger partial charge in [-0.15, -0.1) is 0 Å². The minimum atomic E-state index is -0.777. The van der Waals surface area contributed by atoms with Crippen LogP contribution in [0.4, 0.5) is 4.39 Å². The number of rotatable bonds is 3. The third-order valence-corrected chi connectivity index (χ3v) is 2.77. The summed E-state index contributed by atoms with van der Waals surface area (Å²) in [6.45, 7) is 2.06. The van der Waals surface area contributed by atoms with Gasteiger partial charge in [-0.2, -0.15) is 0 Å². The van der Waals surface area contributed by atoms with Crippen molar-refractivity contribution in [2.45, 2.75) is 18.6 Å². The van der Waals surface area contributed by atoms with E-state index in [-0.39, 0.29) is 11.9 Å². The summed E-state index contributed by atoms with van der Waals surface area (Å²) in [7, 11) is 0. The molecule has 1 heterocycles. The maximum atomic E-state index is 13.4. The SMILES string of the molecule is OC(CC1COCCN1)c1ccccc1F. The Labute approximate surface area is 94.2 Å². The van der Waals surface area contributed by atoms with Crippen molar-refractivity contribution in [1.82, 2.24) is 5.32 Å². The Morgan fingerprint density at radius 2 is 2.31 bits per heavy atom.